The number of methoxy groups -OCH3 is 1. The van der Waals surface area contributed by atoms with Gasteiger partial charge in [0.15, 0.2) is 18.1 Å². The summed E-state index contributed by atoms with van der Waals surface area (Å²) in [6.07, 6.45) is 0. The van der Waals surface area contributed by atoms with E-state index in [1.54, 1.807) is 36.4 Å². The Labute approximate surface area is 172 Å². The fourth-order valence-electron chi connectivity index (χ4n) is 2.55. The fraction of sp³-hybridized carbons (Fsp3) is 0.182. The van der Waals surface area contributed by atoms with Crippen LogP contribution in [0.15, 0.2) is 71.5 Å². The van der Waals surface area contributed by atoms with Crippen molar-refractivity contribution >= 4 is 11.8 Å². The number of hydrogen-bond acceptors (Lipinski definition) is 7. The summed E-state index contributed by atoms with van der Waals surface area (Å²) in [5.74, 6) is 0.120. The van der Waals surface area contributed by atoms with Gasteiger partial charge in [0.2, 0.25) is 0 Å². The van der Waals surface area contributed by atoms with Crippen LogP contribution in [-0.2, 0) is 11.3 Å². The summed E-state index contributed by atoms with van der Waals surface area (Å²) in [6, 6.07) is 18.1. The third-order valence-electron chi connectivity index (χ3n) is 4.14. The summed E-state index contributed by atoms with van der Waals surface area (Å²) in [6.45, 7) is -0.0892. The third kappa shape index (κ3) is 5.54. The Morgan fingerprint density at radius 3 is 2.37 bits per heavy atom. The third-order valence-corrected chi connectivity index (χ3v) is 4.14. The molecule has 8 heteroatoms. The smallest absolute Gasteiger partial charge is 0.359 e. The van der Waals surface area contributed by atoms with Crippen molar-refractivity contribution in [1.29, 1.82) is 0 Å². The van der Waals surface area contributed by atoms with E-state index < -0.39 is 12.6 Å². The number of carbonyl (C=O) groups is 2. The molecule has 0 saturated carbocycles. The van der Waals surface area contributed by atoms with Crippen molar-refractivity contribution in [3.63, 3.8) is 0 Å². The lowest BCUT2D eigenvalue weighted by atomic mass is 10.1. The Morgan fingerprint density at radius 2 is 1.67 bits per heavy atom. The van der Waals surface area contributed by atoms with Gasteiger partial charge in [-0.15, -0.1) is 0 Å². The van der Waals surface area contributed by atoms with Crippen LogP contribution in [0.1, 0.15) is 20.8 Å². The Balaban J connectivity index is 1.56. The van der Waals surface area contributed by atoms with E-state index in [1.165, 1.54) is 19.2 Å². The van der Waals surface area contributed by atoms with Gasteiger partial charge in [-0.1, -0.05) is 18.2 Å². The first kappa shape index (κ1) is 20.8. The van der Waals surface area contributed by atoms with Gasteiger partial charge in [-0.05, 0) is 42.5 Å². The van der Waals surface area contributed by atoms with E-state index in [9.17, 15) is 14.4 Å². The van der Waals surface area contributed by atoms with Crippen LogP contribution in [0.3, 0.4) is 0 Å². The van der Waals surface area contributed by atoms with Crippen LogP contribution >= 0.6 is 0 Å². The van der Waals surface area contributed by atoms with Crippen LogP contribution in [0.2, 0.25) is 0 Å². The van der Waals surface area contributed by atoms with Gasteiger partial charge >= 0.3 is 5.97 Å². The molecule has 0 spiro atoms. The highest BCUT2D eigenvalue weighted by Gasteiger charge is 2.14. The van der Waals surface area contributed by atoms with Gasteiger partial charge in [0.25, 0.3) is 5.56 Å². The Bertz CT molecular complexity index is 1060. The second-order valence-electron chi connectivity index (χ2n) is 6.17. The molecule has 154 valence electrons. The van der Waals surface area contributed by atoms with Gasteiger partial charge in [-0.25, -0.2) is 9.48 Å². The van der Waals surface area contributed by atoms with Crippen molar-refractivity contribution in [2.75, 3.05) is 20.3 Å². The molecule has 0 N–H and O–H groups in total. The monoisotopic (exact) mass is 408 g/mol. The zero-order chi connectivity index (χ0) is 21.3. The van der Waals surface area contributed by atoms with Gasteiger partial charge in [0, 0.05) is 11.6 Å². The lowest BCUT2D eigenvalue weighted by Crippen LogP contribution is -2.27. The average Bonchev–Trinajstić information content (AvgIpc) is 2.79. The maximum Gasteiger partial charge on any atom is 0.359 e. The van der Waals surface area contributed by atoms with Crippen molar-refractivity contribution in [3.8, 4) is 11.5 Å². The second-order valence-corrected chi connectivity index (χ2v) is 6.17. The van der Waals surface area contributed by atoms with Crippen LogP contribution in [0.4, 0.5) is 0 Å². The molecule has 1 aromatic heterocycles. The summed E-state index contributed by atoms with van der Waals surface area (Å²) < 4.78 is 16.7. The SMILES string of the molecule is COc1ccc(C(=O)COC(=O)c2ccc(=O)n(CCOc3ccccc3)n2)cc1. The molecule has 0 amide bonds. The topological polar surface area (TPSA) is 96.7 Å². The summed E-state index contributed by atoms with van der Waals surface area (Å²) in [7, 11) is 1.53. The average molecular weight is 408 g/mol. The van der Waals surface area contributed by atoms with Crippen LogP contribution in [-0.4, -0.2) is 41.9 Å². The van der Waals surface area contributed by atoms with E-state index >= 15 is 0 Å². The number of benzene rings is 2. The maximum absolute atomic E-state index is 12.2. The number of para-hydroxylation sites is 1. The molecule has 0 aliphatic heterocycles. The molecule has 0 atom stereocenters. The van der Waals surface area contributed by atoms with E-state index in [1.807, 2.05) is 18.2 Å². The Morgan fingerprint density at radius 1 is 0.933 bits per heavy atom. The number of hydrogen-bond donors (Lipinski definition) is 0. The van der Waals surface area contributed by atoms with Gasteiger partial charge in [-0.3, -0.25) is 9.59 Å². The standard InChI is InChI=1S/C22H20N2O6/c1-28-17-9-7-16(8-10-17)20(25)15-30-22(27)19-11-12-21(26)24(23-19)13-14-29-18-5-3-2-4-6-18/h2-12H,13-15H2,1H3. The lowest BCUT2D eigenvalue weighted by molar-refractivity contribution is 0.0466. The summed E-state index contributed by atoms with van der Waals surface area (Å²) in [4.78, 5) is 36.4. The number of rotatable bonds is 9. The highest BCUT2D eigenvalue weighted by molar-refractivity contribution is 5.99. The first-order valence-corrected chi connectivity index (χ1v) is 9.17. The van der Waals surface area contributed by atoms with Crippen LogP contribution < -0.4 is 15.0 Å². The first-order valence-electron chi connectivity index (χ1n) is 9.17. The molecule has 3 aromatic rings. The van der Waals surface area contributed by atoms with Gasteiger partial charge in [0.1, 0.15) is 18.1 Å². The van der Waals surface area contributed by atoms with E-state index in [0.29, 0.717) is 17.1 Å². The Hall–Kier alpha value is -3.94. The highest BCUT2D eigenvalue weighted by Crippen LogP contribution is 2.12. The number of ketones is 1. The molecule has 0 radical (unpaired) electrons. The molecule has 0 unspecified atom stereocenters. The molecule has 3 rings (SSSR count). The number of nitrogens with zero attached hydrogens (tertiary/aromatic N) is 2. The van der Waals surface area contributed by atoms with Crippen molar-refractivity contribution < 1.29 is 23.8 Å². The largest absolute Gasteiger partial charge is 0.497 e. The van der Waals surface area contributed by atoms with Gasteiger partial charge in [0.05, 0.1) is 13.7 Å². The second kappa shape index (κ2) is 10.0. The summed E-state index contributed by atoms with van der Waals surface area (Å²) in [5, 5.41) is 4.00. The van der Waals surface area contributed by atoms with Gasteiger partial charge in [-0.2, -0.15) is 5.10 Å². The predicted molar refractivity (Wildman–Crippen MR) is 108 cm³/mol. The lowest BCUT2D eigenvalue weighted by Gasteiger charge is -2.09. The zero-order valence-corrected chi connectivity index (χ0v) is 16.3. The number of ether oxygens (including phenoxy) is 3. The zero-order valence-electron chi connectivity index (χ0n) is 16.3. The van der Waals surface area contributed by atoms with Crippen LogP contribution in [0.25, 0.3) is 0 Å². The fourth-order valence-corrected chi connectivity index (χ4v) is 2.55. The van der Waals surface area contributed by atoms with Gasteiger partial charge < -0.3 is 14.2 Å². The van der Waals surface area contributed by atoms with Crippen molar-refractivity contribution in [2.24, 2.45) is 0 Å². The van der Waals surface area contributed by atoms with Crippen molar-refractivity contribution in [1.82, 2.24) is 9.78 Å². The molecule has 0 fully saturated rings. The van der Waals surface area contributed by atoms with Crippen molar-refractivity contribution in [2.45, 2.75) is 6.54 Å². The molecular weight excluding hydrogens is 388 g/mol. The molecule has 1 heterocycles. The van der Waals surface area contributed by atoms with Crippen molar-refractivity contribution in [3.05, 3.63) is 88.3 Å². The van der Waals surface area contributed by atoms with E-state index in [4.69, 9.17) is 14.2 Å². The first-order chi connectivity index (χ1) is 14.6. The van der Waals surface area contributed by atoms with E-state index in [0.717, 1.165) is 4.68 Å². The maximum atomic E-state index is 12.2. The summed E-state index contributed by atoms with van der Waals surface area (Å²) in [5.41, 5.74) is -0.0612. The molecule has 2 aromatic carbocycles. The number of aromatic nitrogens is 2. The normalized spacial score (nSPS) is 10.3. The Kier molecular flexibility index (Phi) is 6.94. The minimum atomic E-state index is -0.797. The van der Waals surface area contributed by atoms with Crippen LogP contribution in [0.5, 0.6) is 11.5 Å². The molecule has 0 aliphatic rings. The number of Topliss-reactive ketones (excluding diaryl/α,β-unsaturated/α-hetero) is 1. The predicted octanol–water partition coefficient (Wildman–Crippen LogP) is 2.37. The minimum Gasteiger partial charge on any atom is -0.497 e. The molecule has 0 saturated heterocycles. The van der Waals surface area contributed by atoms with Crippen LogP contribution in [0, 0.1) is 0 Å². The molecule has 8 nitrogen and oxygen atoms in total. The van der Waals surface area contributed by atoms with E-state index in [-0.39, 0.29) is 30.2 Å². The molecule has 0 aliphatic carbocycles. The van der Waals surface area contributed by atoms with E-state index in [2.05, 4.69) is 5.10 Å². The quantitative estimate of drug-likeness (QED) is 0.396. The summed E-state index contributed by atoms with van der Waals surface area (Å²) >= 11 is 0. The highest BCUT2D eigenvalue weighted by atomic mass is 16.5. The molecule has 30 heavy (non-hydrogen) atoms. The number of carbonyl (C=O) groups excluding carboxylic acids is 2. The molecule has 0 bridgehead atoms. The molecular formula is C22H20N2O6. The minimum absolute atomic E-state index is 0.0724. The number of esters is 1.